The summed E-state index contributed by atoms with van der Waals surface area (Å²) in [6.45, 7) is 2.86. The fraction of sp³-hybridized carbons (Fsp3) is 0.667. The van der Waals surface area contributed by atoms with Crippen LogP contribution in [0.3, 0.4) is 0 Å². The van der Waals surface area contributed by atoms with Crippen LogP contribution in [0.4, 0.5) is 11.6 Å². The summed E-state index contributed by atoms with van der Waals surface area (Å²) < 4.78 is 35.9. The third-order valence-electron chi connectivity index (χ3n) is 3.60. The molecule has 0 amide bonds. The molecule has 0 radical (unpaired) electrons. The molecule has 0 atom stereocenters. The number of rotatable bonds is 3. The molecule has 116 valence electrons. The molecule has 9 heteroatoms. The smallest absolute Gasteiger partial charge is 0.231 e. The van der Waals surface area contributed by atoms with Gasteiger partial charge in [0.25, 0.3) is 0 Å². The van der Waals surface area contributed by atoms with Crippen molar-refractivity contribution in [3.8, 4) is 0 Å². The molecule has 3 heterocycles. The molecule has 2 saturated heterocycles. The molecule has 0 aliphatic carbocycles. The summed E-state index contributed by atoms with van der Waals surface area (Å²) in [5, 5.41) is 7.95. The first-order chi connectivity index (χ1) is 9.96. The summed E-state index contributed by atoms with van der Waals surface area (Å²) in [5.41, 5.74) is 0. The highest BCUT2D eigenvalue weighted by Crippen LogP contribution is 2.32. The maximum Gasteiger partial charge on any atom is 0.231 e. The molecule has 0 saturated carbocycles. The molecule has 3 rings (SSSR count). The molecule has 0 aromatic carbocycles. The largest absolute Gasteiger partial charge is 0.355 e. The predicted molar refractivity (Wildman–Crippen MR) is 76.6 cm³/mol. The Bertz CT molecular complexity index is 588. The van der Waals surface area contributed by atoms with Gasteiger partial charge in [0.1, 0.15) is 0 Å². The van der Waals surface area contributed by atoms with E-state index in [0.29, 0.717) is 13.2 Å². The van der Waals surface area contributed by atoms with Crippen molar-refractivity contribution in [3.63, 3.8) is 0 Å². The zero-order valence-electron chi connectivity index (χ0n) is 11.8. The topological polar surface area (TPSA) is 93.7 Å². The van der Waals surface area contributed by atoms with Crippen LogP contribution in [0.1, 0.15) is 12.8 Å². The molecule has 1 aromatic heterocycles. The summed E-state index contributed by atoms with van der Waals surface area (Å²) in [6, 6.07) is 3.37. The van der Waals surface area contributed by atoms with Crippen LogP contribution in [0.5, 0.6) is 0 Å². The number of piperidine rings is 1. The number of hydrogen-bond donors (Lipinski definition) is 1. The van der Waals surface area contributed by atoms with Gasteiger partial charge in [-0.15, -0.1) is 10.2 Å². The van der Waals surface area contributed by atoms with Crippen LogP contribution >= 0.6 is 0 Å². The Morgan fingerprint density at radius 2 is 1.86 bits per heavy atom. The summed E-state index contributed by atoms with van der Waals surface area (Å²) in [5.74, 6) is 0.529. The predicted octanol–water partition coefficient (Wildman–Crippen LogP) is 0.191. The molecular formula is C12H18N4O4S. The van der Waals surface area contributed by atoms with Crippen molar-refractivity contribution in [1.82, 2.24) is 10.2 Å². The summed E-state index contributed by atoms with van der Waals surface area (Å²) in [4.78, 5) is 2.09. The normalized spacial score (nSPS) is 21.7. The Morgan fingerprint density at radius 3 is 2.38 bits per heavy atom. The summed E-state index contributed by atoms with van der Waals surface area (Å²) in [7, 11) is -3.33. The van der Waals surface area contributed by atoms with Crippen LogP contribution in [0.25, 0.3) is 0 Å². The molecule has 8 nitrogen and oxygen atoms in total. The van der Waals surface area contributed by atoms with Gasteiger partial charge >= 0.3 is 0 Å². The maximum absolute atomic E-state index is 11.1. The zero-order valence-corrected chi connectivity index (χ0v) is 12.6. The molecule has 2 aliphatic rings. The molecule has 0 bridgehead atoms. The lowest BCUT2D eigenvalue weighted by atomic mass is 10.0. The second-order valence-electron chi connectivity index (χ2n) is 5.25. The van der Waals surface area contributed by atoms with E-state index in [1.54, 1.807) is 12.1 Å². The highest BCUT2D eigenvalue weighted by Gasteiger charge is 2.40. The van der Waals surface area contributed by atoms with Gasteiger partial charge in [0.2, 0.25) is 10.0 Å². The number of nitrogens with one attached hydrogen (secondary N) is 1. The van der Waals surface area contributed by atoms with Crippen molar-refractivity contribution in [2.24, 2.45) is 0 Å². The Balaban J connectivity index is 1.63. The molecule has 1 spiro atoms. The minimum absolute atomic E-state index is 0.220. The SMILES string of the molecule is CS(=O)(=O)Nc1ccc(N2CCC3(CC2)OCCO3)nn1. The monoisotopic (exact) mass is 314 g/mol. The van der Waals surface area contributed by atoms with Crippen LogP contribution in [-0.4, -0.2) is 57.0 Å². The van der Waals surface area contributed by atoms with Gasteiger partial charge < -0.3 is 14.4 Å². The molecule has 1 N–H and O–H groups in total. The first-order valence-electron chi connectivity index (χ1n) is 6.80. The molecule has 1 aromatic rings. The van der Waals surface area contributed by atoms with Gasteiger partial charge in [0, 0.05) is 25.9 Å². The van der Waals surface area contributed by atoms with Crippen molar-refractivity contribution in [2.45, 2.75) is 18.6 Å². The van der Waals surface area contributed by atoms with Crippen LogP contribution in [-0.2, 0) is 19.5 Å². The first kappa shape index (κ1) is 14.5. The second kappa shape index (κ2) is 5.39. The van der Waals surface area contributed by atoms with E-state index >= 15 is 0 Å². The number of nitrogens with zero attached hydrogens (tertiary/aromatic N) is 3. The van der Waals surface area contributed by atoms with Crippen molar-refractivity contribution in [3.05, 3.63) is 12.1 Å². The van der Waals surface area contributed by atoms with E-state index in [9.17, 15) is 8.42 Å². The molecular weight excluding hydrogens is 296 g/mol. The summed E-state index contributed by atoms with van der Waals surface area (Å²) >= 11 is 0. The Morgan fingerprint density at radius 1 is 1.19 bits per heavy atom. The third kappa shape index (κ3) is 3.42. The van der Waals surface area contributed by atoms with Crippen molar-refractivity contribution in [1.29, 1.82) is 0 Å². The van der Waals surface area contributed by atoms with Gasteiger partial charge in [-0.05, 0) is 12.1 Å². The Labute approximate surface area is 123 Å². The fourth-order valence-corrected chi connectivity index (χ4v) is 3.09. The number of hydrogen-bond acceptors (Lipinski definition) is 7. The number of sulfonamides is 1. The van der Waals surface area contributed by atoms with E-state index in [0.717, 1.165) is 38.0 Å². The average Bonchev–Trinajstić information content (AvgIpc) is 2.87. The van der Waals surface area contributed by atoms with Gasteiger partial charge in [0.05, 0.1) is 19.5 Å². The van der Waals surface area contributed by atoms with Crippen LogP contribution in [0.15, 0.2) is 12.1 Å². The number of anilines is 2. The van der Waals surface area contributed by atoms with E-state index in [-0.39, 0.29) is 5.82 Å². The number of ether oxygens (including phenoxy) is 2. The van der Waals surface area contributed by atoms with Gasteiger partial charge in [-0.2, -0.15) is 0 Å². The molecule has 0 unspecified atom stereocenters. The van der Waals surface area contributed by atoms with E-state index in [2.05, 4.69) is 19.8 Å². The zero-order chi connectivity index (χ0) is 14.9. The van der Waals surface area contributed by atoms with E-state index < -0.39 is 15.8 Å². The van der Waals surface area contributed by atoms with E-state index in [1.165, 1.54) is 0 Å². The highest BCUT2D eigenvalue weighted by atomic mass is 32.2. The minimum atomic E-state index is -3.33. The Hall–Kier alpha value is -1.45. The molecule has 2 aliphatic heterocycles. The van der Waals surface area contributed by atoms with Crippen LogP contribution in [0.2, 0.25) is 0 Å². The number of aromatic nitrogens is 2. The fourth-order valence-electron chi connectivity index (χ4n) is 2.60. The van der Waals surface area contributed by atoms with Gasteiger partial charge in [-0.25, -0.2) is 8.42 Å². The van der Waals surface area contributed by atoms with E-state index in [1.807, 2.05) is 0 Å². The lowest BCUT2D eigenvalue weighted by Gasteiger charge is -2.37. The Kier molecular flexibility index (Phi) is 3.72. The average molecular weight is 314 g/mol. The quantitative estimate of drug-likeness (QED) is 0.851. The van der Waals surface area contributed by atoms with Gasteiger partial charge in [-0.3, -0.25) is 4.72 Å². The van der Waals surface area contributed by atoms with Gasteiger partial charge in [-0.1, -0.05) is 0 Å². The summed E-state index contributed by atoms with van der Waals surface area (Å²) in [6.07, 6.45) is 2.66. The minimum Gasteiger partial charge on any atom is -0.355 e. The van der Waals surface area contributed by atoms with Crippen molar-refractivity contribution in [2.75, 3.05) is 42.2 Å². The van der Waals surface area contributed by atoms with Crippen molar-refractivity contribution < 1.29 is 17.9 Å². The molecule has 2 fully saturated rings. The molecule has 21 heavy (non-hydrogen) atoms. The third-order valence-corrected chi connectivity index (χ3v) is 4.18. The lowest BCUT2D eigenvalue weighted by molar-refractivity contribution is -0.169. The second-order valence-corrected chi connectivity index (χ2v) is 6.99. The van der Waals surface area contributed by atoms with E-state index in [4.69, 9.17) is 9.47 Å². The lowest BCUT2D eigenvalue weighted by Crippen LogP contribution is -2.45. The first-order valence-corrected chi connectivity index (χ1v) is 8.69. The van der Waals surface area contributed by atoms with Gasteiger partial charge in [0.15, 0.2) is 17.4 Å². The van der Waals surface area contributed by atoms with Crippen LogP contribution < -0.4 is 9.62 Å². The standard InChI is InChI=1S/C12H18N4O4S/c1-21(17,18)15-10-2-3-11(14-13-10)16-6-4-12(5-7-16)19-8-9-20-12/h2-3H,4-9H2,1H3,(H,13,15). The highest BCUT2D eigenvalue weighted by molar-refractivity contribution is 7.92. The maximum atomic E-state index is 11.1. The van der Waals surface area contributed by atoms with Crippen molar-refractivity contribution >= 4 is 21.7 Å². The van der Waals surface area contributed by atoms with Crippen LogP contribution in [0, 0.1) is 0 Å².